The largest absolute Gasteiger partial charge is 0.465 e. The normalized spacial score (nSPS) is 12.5. The van der Waals surface area contributed by atoms with E-state index in [2.05, 4.69) is 31.1 Å². The molecule has 0 spiro atoms. The number of aryl methyl sites for hydroxylation is 1. The Bertz CT molecular complexity index is 416. The Morgan fingerprint density at radius 2 is 2.05 bits per heavy atom. The summed E-state index contributed by atoms with van der Waals surface area (Å²) in [7, 11) is 1.39. The molecule has 0 amide bonds. The lowest BCUT2D eigenvalue weighted by atomic mass is 10.0. The van der Waals surface area contributed by atoms with Gasteiger partial charge in [-0.25, -0.2) is 9.78 Å². The smallest absolute Gasteiger partial charge is 0.350 e. The molecule has 1 aromatic rings. The van der Waals surface area contributed by atoms with E-state index < -0.39 is 0 Å². The van der Waals surface area contributed by atoms with E-state index >= 15 is 0 Å². The molecule has 0 aliphatic rings. The molecule has 0 aliphatic heterocycles. The lowest BCUT2D eigenvalue weighted by Gasteiger charge is -2.13. The van der Waals surface area contributed by atoms with E-state index in [9.17, 15) is 4.79 Å². The molecule has 5 heteroatoms. The zero-order valence-corrected chi connectivity index (χ0v) is 13.3. The number of nitrogens with one attached hydrogen (secondary N) is 1. The summed E-state index contributed by atoms with van der Waals surface area (Å²) in [6.07, 6.45) is 3.57. The Hall–Kier alpha value is -1.10. The van der Waals surface area contributed by atoms with Gasteiger partial charge in [-0.2, -0.15) is 0 Å². The van der Waals surface area contributed by atoms with Gasteiger partial charge in [-0.1, -0.05) is 38.0 Å². The summed E-state index contributed by atoms with van der Waals surface area (Å²) in [5.41, 5.74) is 0.730. The van der Waals surface area contributed by atoms with E-state index in [-0.39, 0.29) is 5.97 Å². The first-order valence-corrected chi connectivity index (χ1v) is 7.58. The third kappa shape index (κ3) is 5.19. The number of methoxy groups -OCH3 is 1. The van der Waals surface area contributed by atoms with E-state index in [0.29, 0.717) is 10.9 Å². The van der Waals surface area contributed by atoms with Gasteiger partial charge in [0.15, 0.2) is 5.13 Å². The Balaban J connectivity index is 2.50. The lowest BCUT2D eigenvalue weighted by Crippen LogP contribution is -2.14. The van der Waals surface area contributed by atoms with Crippen molar-refractivity contribution in [3.05, 3.63) is 10.6 Å². The molecule has 1 unspecified atom stereocenters. The summed E-state index contributed by atoms with van der Waals surface area (Å²) in [4.78, 5) is 16.5. The number of hydrogen-bond donors (Lipinski definition) is 1. The van der Waals surface area contributed by atoms with Crippen molar-refractivity contribution < 1.29 is 9.53 Å². The van der Waals surface area contributed by atoms with Crippen molar-refractivity contribution in [1.82, 2.24) is 4.98 Å². The first-order chi connectivity index (χ1) is 8.93. The number of rotatable bonds is 7. The van der Waals surface area contributed by atoms with Crippen LogP contribution in [0, 0.1) is 12.8 Å². The van der Waals surface area contributed by atoms with Gasteiger partial charge in [0.05, 0.1) is 12.8 Å². The highest BCUT2D eigenvalue weighted by Crippen LogP contribution is 2.24. The van der Waals surface area contributed by atoms with E-state index in [1.807, 2.05) is 6.92 Å². The second kappa shape index (κ2) is 7.48. The summed E-state index contributed by atoms with van der Waals surface area (Å²) in [5.74, 6) is 0.441. The van der Waals surface area contributed by atoms with Gasteiger partial charge in [-0.3, -0.25) is 0 Å². The van der Waals surface area contributed by atoms with Crippen molar-refractivity contribution in [2.75, 3.05) is 12.4 Å². The topological polar surface area (TPSA) is 51.2 Å². The fraction of sp³-hybridized carbons (Fsp3) is 0.714. The second-order valence-electron chi connectivity index (χ2n) is 5.30. The zero-order chi connectivity index (χ0) is 14.4. The Labute approximate surface area is 119 Å². The molecule has 0 bridgehead atoms. The third-order valence-corrected chi connectivity index (χ3v) is 4.02. The maximum Gasteiger partial charge on any atom is 0.350 e. The predicted molar refractivity (Wildman–Crippen MR) is 80.0 cm³/mol. The number of carbonyl (C=O) groups is 1. The minimum Gasteiger partial charge on any atom is -0.465 e. The highest BCUT2D eigenvalue weighted by molar-refractivity contribution is 7.17. The van der Waals surface area contributed by atoms with Crippen LogP contribution in [0.3, 0.4) is 0 Å². The fourth-order valence-electron chi connectivity index (χ4n) is 1.86. The monoisotopic (exact) mass is 284 g/mol. The molecule has 0 radical (unpaired) electrons. The second-order valence-corrected chi connectivity index (χ2v) is 6.29. The summed E-state index contributed by atoms with van der Waals surface area (Å²) in [6.45, 7) is 8.46. The van der Waals surface area contributed by atoms with Crippen molar-refractivity contribution >= 4 is 22.4 Å². The molecule has 0 saturated heterocycles. The first kappa shape index (κ1) is 16.0. The summed E-state index contributed by atoms with van der Waals surface area (Å²) < 4.78 is 4.73. The lowest BCUT2D eigenvalue weighted by molar-refractivity contribution is 0.0605. The van der Waals surface area contributed by atoms with Crippen LogP contribution in [0.1, 0.15) is 55.4 Å². The molecular weight excluding hydrogens is 260 g/mol. The number of ether oxygens (including phenoxy) is 1. The van der Waals surface area contributed by atoms with Crippen LogP contribution in [0.5, 0.6) is 0 Å². The summed E-state index contributed by atoms with van der Waals surface area (Å²) in [6, 6.07) is 0.370. The Kier molecular flexibility index (Phi) is 6.28. The van der Waals surface area contributed by atoms with Crippen LogP contribution < -0.4 is 5.32 Å². The Morgan fingerprint density at radius 3 is 2.63 bits per heavy atom. The molecular formula is C14H24N2O2S. The quantitative estimate of drug-likeness (QED) is 0.772. The van der Waals surface area contributed by atoms with Gasteiger partial charge in [0.2, 0.25) is 0 Å². The maximum absolute atomic E-state index is 11.5. The molecule has 0 aromatic carbocycles. The van der Waals surface area contributed by atoms with E-state index in [0.717, 1.165) is 23.2 Å². The highest BCUT2D eigenvalue weighted by atomic mass is 32.1. The highest BCUT2D eigenvalue weighted by Gasteiger charge is 2.16. The fourth-order valence-corrected chi connectivity index (χ4v) is 2.85. The minimum absolute atomic E-state index is 0.310. The van der Waals surface area contributed by atoms with Gasteiger partial charge in [0.1, 0.15) is 4.88 Å². The van der Waals surface area contributed by atoms with Crippen molar-refractivity contribution in [2.24, 2.45) is 5.92 Å². The Morgan fingerprint density at radius 1 is 1.37 bits per heavy atom. The van der Waals surface area contributed by atoms with Gasteiger partial charge in [-0.05, 0) is 26.2 Å². The number of aromatic nitrogens is 1. The van der Waals surface area contributed by atoms with E-state index in [1.54, 1.807) is 0 Å². The predicted octanol–water partition coefficient (Wildman–Crippen LogP) is 3.86. The van der Waals surface area contributed by atoms with Gasteiger partial charge in [0.25, 0.3) is 0 Å². The molecule has 0 fully saturated rings. The zero-order valence-electron chi connectivity index (χ0n) is 12.4. The van der Waals surface area contributed by atoms with Crippen molar-refractivity contribution in [3.8, 4) is 0 Å². The number of thiazole rings is 1. The molecule has 1 N–H and O–H groups in total. The van der Waals surface area contributed by atoms with Gasteiger partial charge in [0, 0.05) is 6.04 Å². The van der Waals surface area contributed by atoms with Crippen molar-refractivity contribution in [2.45, 2.75) is 53.0 Å². The van der Waals surface area contributed by atoms with Gasteiger partial charge >= 0.3 is 5.97 Å². The molecule has 1 heterocycles. The SMILES string of the molecule is COC(=O)c1sc(NC(C)CCCC(C)C)nc1C. The number of hydrogen-bond acceptors (Lipinski definition) is 5. The number of nitrogens with zero attached hydrogens (tertiary/aromatic N) is 1. The number of anilines is 1. The molecule has 4 nitrogen and oxygen atoms in total. The van der Waals surface area contributed by atoms with Crippen LogP contribution in [0.4, 0.5) is 5.13 Å². The van der Waals surface area contributed by atoms with Crippen LogP contribution in [0.2, 0.25) is 0 Å². The summed E-state index contributed by atoms with van der Waals surface area (Å²) in [5, 5.41) is 4.16. The first-order valence-electron chi connectivity index (χ1n) is 6.76. The average molecular weight is 284 g/mol. The third-order valence-electron chi connectivity index (χ3n) is 2.96. The van der Waals surface area contributed by atoms with Crippen molar-refractivity contribution in [1.29, 1.82) is 0 Å². The van der Waals surface area contributed by atoms with Crippen LogP contribution in [-0.2, 0) is 4.74 Å². The maximum atomic E-state index is 11.5. The molecule has 1 rings (SSSR count). The van der Waals surface area contributed by atoms with Crippen LogP contribution in [0.15, 0.2) is 0 Å². The van der Waals surface area contributed by atoms with Crippen LogP contribution in [0.25, 0.3) is 0 Å². The van der Waals surface area contributed by atoms with Crippen LogP contribution in [-0.4, -0.2) is 24.1 Å². The standard InChI is InChI=1S/C14H24N2O2S/c1-9(2)7-6-8-10(3)15-14-16-11(4)12(19-14)13(17)18-5/h9-10H,6-8H2,1-5H3,(H,15,16). The van der Waals surface area contributed by atoms with Gasteiger partial charge < -0.3 is 10.1 Å². The molecule has 1 atom stereocenters. The number of carbonyl (C=O) groups excluding carboxylic acids is 1. The van der Waals surface area contributed by atoms with E-state index in [4.69, 9.17) is 4.74 Å². The minimum atomic E-state index is -0.310. The van der Waals surface area contributed by atoms with E-state index in [1.165, 1.54) is 31.3 Å². The average Bonchev–Trinajstić information content (AvgIpc) is 2.68. The molecule has 1 aromatic heterocycles. The van der Waals surface area contributed by atoms with Gasteiger partial charge in [-0.15, -0.1) is 0 Å². The molecule has 108 valence electrons. The summed E-state index contributed by atoms with van der Waals surface area (Å²) >= 11 is 1.36. The molecule has 0 aliphatic carbocycles. The van der Waals surface area contributed by atoms with Crippen molar-refractivity contribution in [3.63, 3.8) is 0 Å². The van der Waals surface area contributed by atoms with Crippen LogP contribution >= 0.6 is 11.3 Å². The number of esters is 1. The molecule has 19 heavy (non-hydrogen) atoms. The molecule has 0 saturated carbocycles.